The summed E-state index contributed by atoms with van der Waals surface area (Å²) in [6, 6.07) is 10.9. The number of nitro benzene ring substituents is 1. The number of likely N-dealkylation sites (N-methyl/N-ethyl adjacent to an activating group) is 1. The largest absolute Gasteiger partial charge is 0.306 e. The lowest BCUT2D eigenvalue weighted by Gasteiger charge is -2.36. The van der Waals surface area contributed by atoms with Gasteiger partial charge >= 0.3 is 0 Å². The number of piperidine rings is 1. The highest BCUT2D eigenvalue weighted by Gasteiger charge is 2.46. The van der Waals surface area contributed by atoms with Gasteiger partial charge in [-0.3, -0.25) is 14.4 Å². The van der Waals surface area contributed by atoms with Crippen LogP contribution in [0.3, 0.4) is 0 Å². The van der Waals surface area contributed by atoms with Crippen molar-refractivity contribution in [2.45, 2.75) is 30.2 Å². The number of rotatable bonds is 3. The molecule has 0 amide bonds. The van der Waals surface area contributed by atoms with E-state index in [0.717, 1.165) is 36.3 Å². The summed E-state index contributed by atoms with van der Waals surface area (Å²) in [5, 5.41) is 10.9. The molecule has 1 fully saturated rings. The van der Waals surface area contributed by atoms with E-state index < -0.39 is 14.9 Å². The molecule has 142 valence electrons. The molecule has 0 bridgehead atoms. The minimum absolute atomic E-state index is 0.0826. The molecule has 0 unspecified atom stereocenters. The number of benzene rings is 2. The quantitative estimate of drug-likeness (QED) is 0.597. The van der Waals surface area contributed by atoms with Crippen molar-refractivity contribution in [3.63, 3.8) is 0 Å². The van der Waals surface area contributed by atoms with E-state index in [0.29, 0.717) is 0 Å². The highest BCUT2D eigenvalue weighted by atomic mass is 32.2. The van der Waals surface area contributed by atoms with Crippen molar-refractivity contribution >= 4 is 21.4 Å². The summed E-state index contributed by atoms with van der Waals surface area (Å²) < 4.78 is 28.4. The van der Waals surface area contributed by atoms with Gasteiger partial charge in [0, 0.05) is 24.6 Å². The summed E-state index contributed by atoms with van der Waals surface area (Å²) in [7, 11) is -1.75. The summed E-state index contributed by atoms with van der Waals surface area (Å²) in [5.74, 6) is 0.131. The standard InChI is InChI=1S/C19H21N3O4S/c1-13-3-8-18-16(11-13)17-12-20(2)10-9-19(17)21(18)27(25,26)15-6-4-14(5-7-15)22(23)24/h3-8,11,17,19H,9-10,12H2,1-2H3/t17-,19+/m1/s1. The number of anilines is 1. The van der Waals surface area contributed by atoms with Gasteiger partial charge < -0.3 is 4.90 Å². The van der Waals surface area contributed by atoms with Crippen LogP contribution >= 0.6 is 0 Å². The third kappa shape index (κ3) is 2.89. The number of aryl methyl sites for hydroxylation is 1. The van der Waals surface area contributed by atoms with E-state index in [-0.39, 0.29) is 22.5 Å². The predicted octanol–water partition coefficient (Wildman–Crippen LogP) is 2.90. The Kier molecular flexibility index (Phi) is 4.20. The Balaban J connectivity index is 1.81. The first-order valence-corrected chi connectivity index (χ1v) is 10.3. The molecule has 0 spiro atoms. The van der Waals surface area contributed by atoms with Crippen molar-refractivity contribution in [1.82, 2.24) is 4.90 Å². The zero-order valence-electron chi connectivity index (χ0n) is 15.2. The maximum atomic E-state index is 13.4. The fourth-order valence-electron chi connectivity index (χ4n) is 4.20. The normalized spacial score (nSPS) is 22.4. The van der Waals surface area contributed by atoms with Gasteiger partial charge in [0.05, 0.1) is 21.5 Å². The van der Waals surface area contributed by atoms with E-state index in [9.17, 15) is 18.5 Å². The number of likely N-dealkylation sites (tertiary alicyclic amines) is 1. The van der Waals surface area contributed by atoms with Crippen LogP contribution in [0.25, 0.3) is 0 Å². The van der Waals surface area contributed by atoms with Crippen molar-refractivity contribution in [3.05, 3.63) is 63.7 Å². The first-order chi connectivity index (χ1) is 12.8. The third-order valence-corrected chi connectivity index (χ3v) is 7.36. The van der Waals surface area contributed by atoms with E-state index in [1.54, 1.807) is 4.31 Å². The molecular weight excluding hydrogens is 366 g/mol. The highest BCUT2D eigenvalue weighted by Crippen LogP contribution is 2.47. The van der Waals surface area contributed by atoms with Gasteiger partial charge in [0.15, 0.2) is 0 Å². The average molecular weight is 387 g/mol. The second-order valence-corrected chi connectivity index (χ2v) is 9.15. The molecule has 0 N–H and O–H groups in total. The van der Waals surface area contributed by atoms with Crippen molar-refractivity contribution in [1.29, 1.82) is 0 Å². The molecule has 0 radical (unpaired) electrons. The van der Waals surface area contributed by atoms with Gasteiger partial charge in [-0.15, -0.1) is 0 Å². The van der Waals surface area contributed by atoms with E-state index >= 15 is 0 Å². The summed E-state index contributed by atoms with van der Waals surface area (Å²) >= 11 is 0. The van der Waals surface area contributed by atoms with Crippen LogP contribution in [0.1, 0.15) is 23.5 Å². The van der Waals surface area contributed by atoms with Crippen LogP contribution in [-0.2, 0) is 10.0 Å². The number of hydrogen-bond donors (Lipinski definition) is 0. The monoisotopic (exact) mass is 387 g/mol. The second kappa shape index (κ2) is 6.31. The van der Waals surface area contributed by atoms with E-state index in [1.807, 2.05) is 19.1 Å². The maximum absolute atomic E-state index is 13.4. The predicted molar refractivity (Wildman–Crippen MR) is 103 cm³/mol. The summed E-state index contributed by atoms with van der Waals surface area (Å²) in [4.78, 5) is 12.7. The Bertz CT molecular complexity index is 1000. The molecule has 2 aliphatic heterocycles. The lowest BCUT2D eigenvalue weighted by atomic mass is 9.89. The minimum atomic E-state index is -3.80. The fraction of sp³-hybridized carbons (Fsp3) is 0.368. The zero-order valence-corrected chi connectivity index (χ0v) is 16.0. The first kappa shape index (κ1) is 17.9. The van der Waals surface area contributed by atoms with Crippen LogP contribution in [0.2, 0.25) is 0 Å². The van der Waals surface area contributed by atoms with E-state index in [2.05, 4.69) is 18.0 Å². The molecule has 2 heterocycles. The third-order valence-electron chi connectivity index (χ3n) is 5.50. The number of fused-ring (bicyclic) bond motifs is 3. The molecular formula is C19H21N3O4S. The first-order valence-electron chi connectivity index (χ1n) is 8.87. The van der Waals surface area contributed by atoms with Gasteiger partial charge in [0.25, 0.3) is 15.7 Å². The molecule has 7 nitrogen and oxygen atoms in total. The molecule has 4 rings (SSSR count). The van der Waals surface area contributed by atoms with Gasteiger partial charge in [-0.1, -0.05) is 17.7 Å². The molecule has 8 heteroatoms. The molecule has 27 heavy (non-hydrogen) atoms. The molecule has 0 saturated carbocycles. The van der Waals surface area contributed by atoms with Gasteiger partial charge in [-0.2, -0.15) is 0 Å². The van der Waals surface area contributed by atoms with E-state index in [1.165, 1.54) is 24.3 Å². The Morgan fingerprint density at radius 1 is 1.15 bits per heavy atom. The molecule has 2 atom stereocenters. The minimum Gasteiger partial charge on any atom is -0.306 e. The van der Waals surface area contributed by atoms with Crippen molar-refractivity contribution in [2.24, 2.45) is 0 Å². The van der Waals surface area contributed by atoms with Crippen LogP contribution in [0.5, 0.6) is 0 Å². The molecule has 2 aliphatic rings. The maximum Gasteiger partial charge on any atom is 0.269 e. The summed E-state index contributed by atoms with van der Waals surface area (Å²) in [6.45, 7) is 3.66. The lowest BCUT2D eigenvalue weighted by molar-refractivity contribution is -0.384. The van der Waals surface area contributed by atoms with Crippen LogP contribution in [0.15, 0.2) is 47.4 Å². The van der Waals surface area contributed by atoms with Gasteiger partial charge in [-0.25, -0.2) is 8.42 Å². The highest BCUT2D eigenvalue weighted by molar-refractivity contribution is 7.92. The topological polar surface area (TPSA) is 83.8 Å². The summed E-state index contributed by atoms with van der Waals surface area (Å²) in [5.41, 5.74) is 2.78. The van der Waals surface area contributed by atoms with Crippen molar-refractivity contribution < 1.29 is 13.3 Å². The lowest BCUT2D eigenvalue weighted by Crippen LogP contribution is -2.47. The fourth-order valence-corrected chi connectivity index (χ4v) is 5.94. The second-order valence-electron chi connectivity index (χ2n) is 7.34. The average Bonchev–Trinajstić information content (AvgIpc) is 2.95. The SMILES string of the molecule is Cc1ccc2c(c1)[C@H]1CN(C)CC[C@@H]1N2S(=O)(=O)c1ccc([N+](=O)[O-])cc1. The van der Waals surface area contributed by atoms with Crippen LogP contribution in [-0.4, -0.2) is 44.4 Å². The smallest absolute Gasteiger partial charge is 0.269 e. The number of hydrogen-bond acceptors (Lipinski definition) is 5. The number of non-ortho nitro benzene ring substituents is 1. The summed E-state index contributed by atoms with van der Waals surface area (Å²) in [6.07, 6.45) is 0.751. The number of nitro groups is 1. The molecule has 0 aromatic heterocycles. The Morgan fingerprint density at radius 3 is 2.52 bits per heavy atom. The van der Waals surface area contributed by atoms with Crippen molar-refractivity contribution in [2.75, 3.05) is 24.4 Å². The van der Waals surface area contributed by atoms with E-state index in [4.69, 9.17) is 0 Å². The van der Waals surface area contributed by atoms with Crippen LogP contribution in [0, 0.1) is 17.0 Å². The molecule has 1 saturated heterocycles. The molecule has 0 aliphatic carbocycles. The number of sulfonamides is 1. The Hall–Kier alpha value is -2.45. The van der Waals surface area contributed by atoms with Crippen LogP contribution in [0.4, 0.5) is 11.4 Å². The van der Waals surface area contributed by atoms with Crippen molar-refractivity contribution in [3.8, 4) is 0 Å². The van der Waals surface area contributed by atoms with Gasteiger partial charge in [0.2, 0.25) is 0 Å². The Morgan fingerprint density at radius 2 is 1.85 bits per heavy atom. The Labute approximate surface area is 158 Å². The molecule has 2 aromatic rings. The number of nitrogens with zero attached hydrogens (tertiary/aromatic N) is 3. The molecule has 2 aromatic carbocycles. The zero-order chi connectivity index (χ0) is 19.3. The van der Waals surface area contributed by atoms with Crippen LogP contribution < -0.4 is 4.31 Å². The van der Waals surface area contributed by atoms with Gasteiger partial charge in [0.1, 0.15) is 0 Å². The van der Waals surface area contributed by atoms with Gasteiger partial charge in [-0.05, 0) is 50.7 Å².